The number of nitrogens with one attached hydrogen (secondary N) is 1. The molecule has 2 heterocycles. The van der Waals surface area contributed by atoms with Gasteiger partial charge in [0.1, 0.15) is 8.81 Å². The Kier molecular flexibility index (Phi) is 2.76. The summed E-state index contributed by atoms with van der Waals surface area (Å²) in [6.07, 6.45) is 1.45. The zero-order chi connectivity index (χ0) is 11.0. The first-order valence-corrected chi connectivity index (χ1v) is 5.67. The number of H-pyrrole nitrogens is 1. The van der Waals surface area contributed by atoms with Gasteiger partial charge in [-0.25, -0.2) is 4.98 Å². The van der Waals surface area contributed by atoms with E-state index in [2.05, 4.69) is 30.9 Å². The van der Waals surface area contributed by atoms with Crippen molar-refractivity contribution in [3.8, 4) is 16.7 Å². The topological polar surface area (TPSA) is 78.9 Å². The number of nitrogens with zero attached hydrogens (tertiary/aromatic N) is 2. The van der Waals surface area contributed by atoms with E-state index in [0.717, 1.165) is 11.3 Å². The summed E-state index contributed by atoms with van der Waals surface area (Å²) in [5.74, 6) is -0.183. The van der Waals surface area contributed by atoms with Crippen LogP contribution in [0.2, 0.25) is 4.34 Å². The quantitative estimate of drug-likeness (QED) is 0.844. The highest BCUT2D eigenvalue weighted by molar-refractivity contribution is 9.10. The van der Waals surface area contributed by atoms with Gasteiger partial charge in [0.05, 0.1) is 6.20 Å². The van der Waals surface area contributed by atoms with Crippen LogP contribution in [-0.2, 0) is 0 Å². The average molecular weight is 309 g/mol. The zero-order valence-electron chi connectivity index (χ0n) is 6.99. The minimum atomic E-state index is -0.469. The van der Waals surface area contributed by atoms with E-state index in [1.807, 2.05) is 0 Å². The summed E-state index contributed by atoms with van der Waals surface area (Å²) in [4.78, 5) is 21.4. The second kappa shape index (κ2) is 3.92. The van der Waals surface area contributed by atoms with Crippen molar-refractivity contribution in [3.05, 3.63) is 25.4 Å². The van der Waals surface area contributed by atoms with Crippen LogP contribution in [0.25, 0.3) is 10.8 Å². The second-order valence-corrected chi connectivity index (χ2v) is 4.98. The van der Waals surface area contributed by atoms with E-state index in [1.165, 1.54) is 6.20 Å². The highest BCUT2D eigenvalue weighted by atomic mass is 79.9. The molecule has 5 nitrogen and oxygen atoms in total. The molecule has 0 saturated carbocycles. The molecule has 0 amide bonds. The number of thiazole rings is 1. The van der Waals surface area contributed by atoms with Crippen LogP contribution < -0.4 is 5.56 Å². The van der Waals surface area contributed by atoms with Gasteiger partial charge >= 0.3 is 0 Å². The maximum Gasteiger partial charge on any atom is 0.269 e. The van der Waals surface area contributed by atoms with Gasteiger partial charge in [-0.1, -0.05) is 22.9 Å². The molecule has 2 rings (SSSR count). The van der Waals surface area contributed by atoms with Crippen LogP contribution in [0.4, 0.5) is 0 Å². The summed E-state index contributed by atoms with van der Waals surface area (Å²) >= 11 is 9.74. The maximum atomic E-state index is 11.3. The van der Waals surface area contributed by atoms with Crippen LogP contribution in [0.5, 0.6) is 5.88 Å². The minimum absolute atomic E-state index is 0.00565. The third kappa shape index (κ3) is 2.04. The summed E-state index contributed by atoms with van der Waals surface area (Å²) < 4.78 is 0.476. The molecule has 0 atom stereocenters. The molecule has 0 radical (unpaired) electrons. The Morgan fingerprint density at radius 1 is 1.60 bits per heavy atom. The number of aromatic hydroxyl groups is 1. The van der Waals surface area contributed by atoms with Crippen LogP contribution in [0.15, 0.2) is 15.5 Å². The zero-order valence-corrected chi connectivity index (χ0v) is 10.1. The minimum Gasteiger partial charge on any atom is -0.492 e. The van der Waals surface area contributed by atoms with Crippen molar-refractivity contribution in [1.29, 1.82) is 0 Å². The Labute approximate surface area is 101 Å². The average Bonchev–Trinajstić information content (AvgIpc) is 2.60. The molecule has 0 aliphatic carbocycles. The fraction of sp³-hybridized carbons (Fsp3) is 0. The lowest BCUT2D eigenvalue weighted by atomic mass is 10.5. The summed E-state index contributed by atoms with van der Waals surface area (Å²) in [7, 11) is 0. The summed E-state index contributed by atoms with van der Waals surface area (Å²) in [5.41, 5.74) is -0.469. The van der Waals surface area contributed by atoms with Gasteiger partial charge in [0.2, 0.25) is 5.88 Å². The Bertz CT molecular complexity index is 568. The van der Waals surface area contributed by atoms with Gasteiger partial charge in [-0.3, -0.25) is 4.79 Å². The molecule has 2 aromatic rings. The van der Waals surface area contributed by atoms with Crippen molar-refractivity contribution < 1.29 is 5.11 Å². The van der Waals surface area contributed by atoms with E-state index < -0.39 is 5.56 Å². The molecule has 0 aliphatic rings. The van der Waals surface area contributed by atoms with Crippen molar-refractivity contribution in [2.45, 2.75) is 0 Å². The lowest BCUT2D eigenvalue weighted by Crippen LogP contribution is -2.09. The van der Waals surface area contributed by atoms with Gasteiger partial charge in [0, 0.05) is 0 Å². The van der Waals surface area contributed by atoms with Crippen LogP contribution in [-0.4, -0.2) is 20.1 Å². The van der Waals surface area contributed by atoms with Gasteiger partial charge in [0.15, 0.2) is 10.8 Å². The normalized spacial score (nSPS) is 10.5. The molecular formula is C7H3BrClN3O2S. The molecule has 0 aromatic carbocycles. The predicted molar refractivity (Wildman–Crippen MR) is 60.3 cm³/mol. The van der Waals surface area contributed by atoms with Gasteiger partial charge in [0.25, 0.3) is 5.56 Å². The van der Waals surface area contributed by atoms with Crippen molar-refractivity contribution in [2.24, 2.45) is 0 Å². The molecule has 0 saturated heterocycles. The van der Waals surface area contributed by atoms with Crippen LogP contribution in [0, 0.1) is 0 Å². The highest BCUT2D eigenvalue weighted by Gasteiger charge is 2.11. The van der Waals surface area contributed by atoms with Gasteiger partial charge in [-0.15, -0.1) is 0 Å². The van der Waals surface area contributed by atoms with Crippen LogP contribution >= 0.6 is 38.9 Å². The summed E-state index contributed by atoms with van der Waals surface area (Å²) in [6, 6.07) is 0. The van der Waals surface area contributed by atoms with Crippen LogP contribution in [0.3, 0.4) is 0 Å². The lowest BCUT2D eigenvalue weighted by molar-refractivity contribution is 0.448. The van der Waals surface area contributed by atoms with E-state index in [4.69, 9.17) is 11.6 Å². The molecule has 0 spiro atoms. The molecular weight excluding hydrogens is 306 g/mol. The fourth-order valence-electron chi connectivity index (χ4n) is 0.912. The molecule has 15 heavy (non-hydrogen) atoms. The molecule has 2 N–H and O–H groups in total. The number of hydrogen-bond donors (Lipinski definition) is 2. The highest BCUT2D eigenvalue weighted by Crippen LogP contribution is 2.26. The largest absolute Gasteiger partial charge is 0.492 e. The standard InChI is InChI=1S/C7H3BrClN3O2S/c8-3-5(13)11-4(12-6(3)14)7-10-1-2(9)15-7/h1H,(H2,11,12,13,14). The summed E-state index contributed by atoms with van der Waals surface area (Å²) in [6.45, 7) is 0. The summed E-state index contributed by atoms with van der Waals surface area (Å²) in [5, 5.41) is 9.76. The lowest BCUT2D eigenvalue weighted by Gasteiger charge is -1.97. The van der Waals surface area contributed by atoms with E-state index in [1.54, 1.807) is 0 Å². The van der Waals surface area contributed by atoms with Crippen molar-refractivity contribution in [2.75, 3.05) is 0 Å². The van der Waals surface area contributed by atoms with E-state index in [-0.39, 0.29) is 16.2 Å². The third-order valence-electron chi connectivity index (χ3n) is 1.53. The number of hydrogen-bond acceptors (Lipinski definition) is 5. The molecule has 78 valence electrons. The molecule has 8 heteroatoms. The fourth-order valence-corrected chi connectivity index (χ4v) is 1.96. The Morgan fingerprint density at radius 2 is 2.33 bits per heavy atom. The van der Waals surface area contributed by atoms with Gasteiger partial charge in [-0.05, 0) is 15.9 Å². The van der Waals surface area contributed by atoms with E-state index in [9.17, 15) is 9.90 Å². The number of aromatic amines is 1. The molecule has 0 fully saturated rings. The predicted octanol–water partition coefficient (Wildman–Crippen LogP) is 2.01. The number of rotatable bonds is 1. The Balaban J connectivity index is 2.60. The smallest absolute Gasteiger partial charge is 0.269 e. The van der Waals surface area contributed by atoms with E-state index in [0.29, 0.717) is 9.34 Å². The first-order chi connectivity index (χ1) is 7.08. The van der Waals surface area contributed by atoms with Crippen molar-refractivity contribution >= 4 is 38.9 Å². The molecule has 2 aromatic heterocycles. The maximum absolute atomic E-state index is 11.3. The van der Waals surface area contributed by atoms with Crippen LogP contribution in [0.1, 0.15) is 0 Å². The Morgan fingerprint density at radius 3 is 2.87 bits per heavy atom. The Hall–Kier alpha value is -0.920. The first-order valence-electron chi connectivity index (χ1n) is 3.68. The van der Waals surface area contributed by atoms with Crippen molar-refractivity contribution in [1.82, 2.24) is 15.0 Å². The van der Waals surface area contributed by atoms with Gasteiger partial charge < -0.3 is 10.1 Å². The third-order valence-corrected chi connectivity index (χ3v) is 3.36. The van der Waals surface area contributed by atoms with E-state index >= 15 is 0 Å². The number of aromatic nitrogens is 3. The van der Waals surface area contributed by atoms with Crippen molar-refractivity contribution in [3.63, 3.8) is 0 Å². The SMILES string of the molecule is O=c1[nH]c(-c2ncc(Cl)s2)nc(O)c1Br. The monoisotopic (exact) mass is 307 g/mol. The molecule has 0 aliphatic heterocycles. The molecule has 0 unspecified atom stereocenters. The van der Waals surface area contributed by atoms with Gasteiger partial charge in [-0.2, -0.15) is 4.98 Å². The second-order valence-electron chi connectivity index (χ2n) is 2.52. The first kappa shape index (κ1) is 10.6. The molecule has 0 bridgehead atoms. The number of halogens is 2.